The zero-order valence-corrected chi connectivity index (χ0v) is 11.0. The summed E-state index contributed by atoms with van der Waals surface area (Å²) in [6, 6.07) is 7.97. The Morgan fingerprint density at radius 1 is 1.25 bits per heavy atom. The van der Waals surface area contributed by atoms with Gasteiger partial charge in [0.25, 0.3) is 0 Å². The van der Waals surface area contributed by atoms with E-state index in [4.69, 9.17) is 0 Å². The second-order valence-electron chi connectivity index (χ2n) is 5.31. The third kappa shape index (κ3) is 2.52. The minimum absolute atomic E-state index is 0.259. The second-order valence-corrected chi connectivity index (χ2v) is 5.31. The largest absolute Gasteiger partial charge is 0.294 e. The minimum Gasteiger partial charge on any atom is -0.294 e. The summed E-state index contributed by atoms with van der Waals surface area (Å²) < 4.78 is 0. The van der Waals surface area contributed by atoms with Gasteiger partial charge in [0.1, 0.15) is 0 Å². The van der Waals surface area contributed by atoms with Gasteiger partial charge in [-0.1, -0.05) is 58.9 Å². The first-order valence-corrected chi connectivity index (χ1v) is 6.04. The van der Waals surface area contributed by atoms with Crippen LogP contribution in [0.4, 0.5) is 0 Å². The molecule has 1 aromatic carbocycles. The summed E-state index contributed by atoms with van der Waals surface area (Å²) in [6.45, 7) is 10.4. The van der Waals surface area contributed by atoms with Crippen LogP contribution in [0.1, 0.15) is 62.9 Å². The molecule has 16 heavy (non-hydrogen) atoms. The average molecular weight is 218 g/mol. The molecule has 0 heterocycles. The molecule has 0 saturated heterocycles. The van der Waals surface area contributed by atoms with Gasteiger partial charge in [-0.3, -0.25) is 4.79 Å². The predicted octanol–water partition coefficient (Wildman–Crippen LogP) is 4.43. The third-order valence-electron chi connectivity index (χ3n) is 3.33. The fraction of sp³-hybridized carbons (Fsp3) is 0.533. The number of rotatable bonds is 4. The Hall–Kier alpha value is -1.11. The Bertz CT molecular complexity index is 375. The maximum absolute atomic E-state index is 12.4. The van der Waals surface area contributed by atoms with Crippen LogP contribution >= 0.6 is 0 Å². The van der Waals surface area contributed by atoms with Crippen LogP contribution in [0, 0.1) is 5.41 Å². The molecule has 1 aromatic rings. The Labute approximate surface area is 98.9 Å². The van der Waals surface area contributed by atoms with Gasteiger partial charge < -0.3 is 0 Å². The average Bonchev–Trinajstić information content (AvgIpc) is 2.28. The third-order valence-corrected chi connectivity index (χ3v) is 3.33. The molecule has 88 valence electrons. The summed E-state index contributed by atoms with van der Waals surface area (Å²) in [5, 5.41) is 0. The molecule has 0 unspecified atom stereocenters. The van der Waals surface area contributed by atoms with E-state index in [9.17, 15) is 4.79 Å². The number of carbonyl (C=O) groups excluding carboxylic acids is 1. The molecular formula is C15H22O. The number of Topliss-reactive ketones (excluding diaryl/α,β-unsaturated/α-hetero) is 1. The number of carbonyl (C=O) groups is 1. The van der Waals surface area contributed by atoms with Crippen LogP contribution in [-0.4, -0.2) is 5.78 Å². The summed E-state index contributed by atoms with van der Waals surface area (Å²) in [5.74, 6) is 0.659. The fourth-order valence-electron chi connectivity index (χ4n) is 1.73. The molecule has 0 amide bonds. The Morgan fingerprint density at radius 2 is 1.81 bits per heavy atom. The van der Waals surface area contributed by atoms with E-state index < -0.39 is 0 Å². The molecule has 0 atom stereocenters. The summed E-state index contributed by atoms with van der Waals surface area (Å²) in [5.41, 5.74) is 1.80. The highest BCUT2D eigenvalue weighted by Gasteiger charge is 2.28. The van der Waals surface area contributed by atoms with Crippen LogP contribution in [0.3, 0.4) is 0 Å². The minimum atomic E-state index is -0.259. The first kappa shape index (κ1) is 13.0. The molecule has 0 N–H and O–H groups in total. The number of hydrogen-bond acceptors (Lipinski definition) is 1. The van der Waals surface area contributed by atoms with Crippen LogP contribution in [-0.2, 0) is 0 Å². The lowest BCUT2D eigenvalue weighted by Crippen LogP contribution is -2.24. The Morgan fingerprint density at radius 3 is 2.31 bits per heavy atom. The lowest BCUT2D eigenvalue weighted by Gasteiger charge is -2.23. The standard InChI is InChI=1S/C15H22O/c1-6-15(4,5)14(16)13-10-8-7-9-12(13)11(2)3/h7-11H,6H2,1-5H3. The van der Waals surface area contributed by atoms with Crippen molar-refractivity contribution in [2.75, 3.05) is 0 Å². The molecule has 0 aliphatic rings. The zero-order chi connectivity index (χ0) is 12.3. The van der Waals surface area contributed by atoms with Crippen molar-refractivity contribution >= 4 is 5.78 Å². The number of benzene rings is 1. The van der Waals surface area contributed by atoms with Crippen molar-refractivity contribution in [3.05, 3.63) is 35.4 Å². The Balaban J connectivity index is 3.19. The molecule has 0 bridgehead atoms. The van der Waals surface area contributed by atoms with Crippen molar-refractivity contribution in [3.8, 4) is 0 Å². The van der Waals surface area contributed by atoms with Gasteiger partial charge in [0.15, 0.2) is 5.78 Å². The molecule has 1 nitrogen and oxygen atoms in total. The van der Waals surface area contributed by atoms with E-state index in [-0.39, 0.29) is 11.2 Å². The van der Waals surface area contributed by atoms with E-state index in [1.54, 1.807) is 0 Å². The van der Waals surface area contributed by atoms with Crippen LogP contribution in [0.15, 0.2) is 24.3 Å². The summed E-state index contributed by atoms with van der Waals surface area (Å²) >= 11 is 0. The summed E-state index contributed by atoms with van der Waals surface area (Å²) in [6.07, 6.45) is 0.873. The van der Waals surface area contributed by atoms with Crippen molar-refractivity contribution in [1.82, 2.24) is 0 Å². The van der Waals surface area contributed by atoms with Crippen LogP contribution in [0.25, 0.3) is 0 Å². The lowest BCUT2D eigenvalue weighted by molar-refractivity contribution is 0.0831. The highest BCUT2D eigenvalue weighted by Crippen LogP contribution is 2.29. The summed E-state index contributed by atoms with van der Waals surface area (Å²) in [7, 11) is 0. The highest BCUT2D eigenvalue weighted by atomic mass is 16.1. The molecule has 0 aromatic heterocycles. The monoisotopic (exact) mass is 218 g/mol. The first-order chi connectivity index (χ1) is 7.40. The Kier molecular flexibility index (Phi) is 3.90. The predicted molar refractivity (Wildman–Crippen MR) is 68.9 cm³/mol. The molecule has 0 aliphatic carbocycles. The van der Waals surface area contributed by atoms with Gasteiger partial charge >= 0.3 is 0 Å². The first-order valence-electron chi connectivity index (χ1n) is 6.04. The normalized spacial score (nSPS) is 11.9. The quantitative estimate of drug-likeness (QED) is 0.683. The van der Waals surface area contributed by atoms with E-state index in [1.807, 2.05) is 32.0 Å². The molecule has 0 saturated carbocycles. The van der Waals surface area contributed by atoms with E-state index in [0.717, 1.165) is 17.5 Å². The topological polar surface area (TPSA) is 17.1 Å². The van der Waals surface area contributed by atoms with Crippen LogP contribution in [0.2, 0.25) is 0 Å². The van der Waals surface area contributed by atoms with Gasteiger partial charge in [-0.2, -0.15) is 0 Å². The van der Waals surface area contributed by atoms with Gasteiger partial charge in [-0.05, 0) is 17.9 Å². The molecule has 0 radical (unpaired) electrons. The van der Waals surface area contributed by atoms with Crippen molar-refractivity contribution < 1.29 is 4.79 Å². The van der Waals surface area contributed by atoms with Crippen LogP contribution < -0.4 is 0 Å². The maximum Gasteiger partial charge on any atom is 0.168 e. The van der Waals surface area contributed by atoms with Crippen molar-refractivity contribution in [2.45, 2.75) is 47.0 Å². The highest BCUT2D eigenvalue weighted by molar-refractivity contribution is 6.01. The molecule has 0 aliphatic heterocycles. The molecule has 1 rings (SSSR count). The van der Waals surface area contributed by atoms with Crippen molar-refractivity contribution in [3.63, 3.8) is 0 Å². The fourth-order valence-corrected chi connectivity index (χ4v) is 1.73. The van der Waals surface area contributed by atoms with E-state index in [2.05, 4.69) is 26.8 Å². The van der Waals surface area contributed by atoms with Crippen LogP contribution in [0.5, 0.6) is 0 Å². The number of hydrogen-bond donors (Lipinski definition) is 0. The van der Waals surface area contributed by atoms with Crippen molar-refractivity contribution in [1.29, 1.82) is 0 Å². The van der Waals surface area contributed by atoms with Crippen molar-refractivity contribution in [2.24, 2.45) is 5.41 Å². The summed E-state index contributed by atoms with van der Waals surface area (Å²) in [4.78, 5) is 12.4. The van der Waals surface area contributed by atoms with Gasteiger partial charge in [-0.25, -0.2) is 0 Å². The van der Waals surface area contributed by atoms with Gasteiger partial charge in [0.05, 0.1) is 0 Å². The van der Waals surface area contributed by atoms with Gasteiger partial charge in [-0.15, -0.1) is 0 Å². The smallest absolute Gasteiger partial charge is 0.168 e. The van der Waals surface area contributed by atoms with E-state index >= 15 is 0 Å². The van der Waals surface area contributed by atoms with E-state index in [1.165, 1.54) is 0 Å². The SMILES string of the molecule is CCC(C)(C)C(=O)c1ccccc1C(C)C. The molecular weight excluding hydrogens is 196 g/mol. The lowest BCUT2D eigenvalue weighted by atomic mass is 9.79. The zero-order valence-electron chi connectivity index (χ0n) is 11.0. The second kappa shape index (κ2) is 4.82. The molecule has 0 spiro atoms. The van der Waals surface area contributed by atoms with E-state index in [0.29, 0.717) is 5.92 Å². The van der Waals surface area contributed by atoms with Gasteiger partial charge in [0.2, 0.25) is 0 Å². The maximum atomic E-state index is 12.4. The number of ketones is 1. The van der Waals surface area contributed by atoms with Gasteiger partial charge in [0, 0.05) is 11.0 Å². The molecule has 1 heteroatoms. The molecule has 0 fully saturated rings.